The zero-order chi connectivity index (χ0) is 15.1. The van der Waals surface area contributed by atoms with Crippen molar-refractivity contribution < 1.29 is 56.3 Å². The van der Waals surface area contributed by atoms with E-state index in [0.29, 0.717) is 4.90 Å². The molecule has 0 bridgehead atoms. The smallest absolute Gasteiger partial charge is 0.726 e. The predicted molar refractivity (Wildman–Crippen MR) is 68.1 cm³/mol. The number of hydrogen-bond acceptors (Lipinski definition) is 6. The molecule has 1 heterocycles. The average Bonchev–Trinajstić information content (AvgIpc) is 2.50. The Hall–Kier alpha value is -0.190. The van der Waals surface area contributed by atoms with Crippen LogP contribution in [0.25, 0.3) is 0 Å². The molecular formula is C10H6Cl2NNaO6S. The van der Waals surface area contributed by atoms with Crippen molar-refractivity contribution in [3.63, 3.8) is 0 Å². The standard InChI is InChI=1S/C10H7Cl2NO6S.Na/c11-5-1-6(12)3-7(2-5)13-9(14)4-8(10(13)15)19-20(16,17)18;/h1-3,8H,4H2,(H,16,17,18);/q;+1/p-1/t8-;/m1./s1. The second kappa shape index (κ2) is 6.93. The van der Waals surface area contributed by atoms with Gasteiger partial charge in [-0.3, -0.25) is 13.8 Å². The van der Waals surface area contributed by atoms with Gasteiger partial charge in [-0.05, 0) is 18.2 Å². The molecular weight excluding hydrogens is 356 g/mol. The zero-order valence-corrected chi connectivity index (χ0v) is 14.9. The van der Waals surface area contributed by atoms with Crippen LogP contribution < -0.4 is 34.5 Å². The van der Waals surface area contributed by atoms with Gasteiger partial charge in [-0.2, -0.15) is 0 Å². The molecule has 1 saturated heterocycles. The number of carbonyl (C=O) groups excluding carboxylic acids is 2. The Labute approximate surface area is 152 Å². The molecule has 0 saturated carbocycles. The molecule has 2 amide bonds. The summed E-state index contributed by atoms with van der Waals surface area (Å²) in [5.74, 6) is -1.69. The van der Waals surface area contributed by atoms with E-state index in [9.17, 15) is 22.6 Å². The summed E-state index contributed by atoms with van der Waals surface area (Å²) < 4.78 is 35.5. The van der Waals surface area contributed by atoms with Crippen molar-refractivity contribution in [3.05, 3.63) is 28.2 Å². The van der Waals surface area contributed by atoms with E-state index in [1.165, 1.54) is 18.2 Å². The fraction of sp³-hybridized carbons (Fsp3) is 0.200. The average molecular weight is 362 g/mol. The van der Waals surface area contributed by atoms with Crippen molar-refractivity contribution in [2.75, 3.05) is 4.90 Å². The number of benzene rings is 1. The molecule has 0 unspecified atom stereocenters. The Balaban J connectivity index is 0.00000220. The minimum atomic E-state index is -5.09. The molecule has 1 aliphatic heterocycles. The van der Waals surface area contributed by atoms with Crippen LogP contribution in [0.1, 0.15) is 6.42 Å². The van der Waals surface area contributed by atoms with E-state index in [0.717, 1.165) is 0 Å². The minimum absolute atomic E-state index is 0. The predicted octanol–water partition coefficient (Wildman–Crippen LogP) is -1.89. The molecule has 2 rings (SSSR count). The molecule has 1 atom stereocenters. The van der Waals surface area contributed by atoms with Crippen LogP contribution >= 0.6 is 23.2 Å². The number of imide groups is 1. The van der Waals surface area contributed by atoms with Gasteiger partial charge < -0.3 is 4.55 Å². The first-order chi connectivity index (χ1) is 9.17. The van der Waals surface area contributed by atoms with E-state index in [2.05, 4.69) is 4.18 Å². The second-order valence-corrected chi connectivity index (χ2v) is 5.77. The van der Waals surface area contributed by atoms with Crippen LogP contribution in [0.2, 0.25) is 10.0 Å². The molecule has 1 aromatic carbocycles. The SMILES string of the molecule is O=C1C[C@@H](OS(=O)(=O)[O-])C(=O)N1c1cc(Cl)cc(Cl)c1.[Na+]. The molecule has 0 radical (unpaired) electrons. The number of rotatable bonds is 3. The first kappa shape index (κ1) is 18.9. The third kappa shape index (κ3) is 4.64. The molecule has 1 aromatic rings. The van der Waals surface area contributed by atoms with Gasteiger partial charge in [0.1, 0.15) is 0 Å². The molecule has 11 heteroatoms. The minimum Gasteiger partial charge on any atom is -0.726 e. The van der Waals surface area contributed by atoms with Crippen molar-refractivity contribution in [3.8, 4) is 0 Å². The number of carbonyl (C=O) groups is 2. The van der Waals surface area contributed by atoms with E-state index in [4.69, 9.17) is 23.2 Å². The van der Waals surface area contributed by atoms with Crippen LogP contribution in [0.3, 0.4) is 0 Å². The van der Waals surface area contributed by atoms with Crippen molar-refractivity contribution >= 4 is 51.1 Å². The van der Waals surface area contributed by atoms with E-state index in [1.54, 1.807) is 0 Å². The summed E-state index contributed by atoms with van der Waals surface area (Å²) in [6.45, 7) is 0. The Kier molecular flexibility index (Phi) is 6.22. The Morgan fingerprint density at radius 2 is 1.71 bits per heavy atom. The molecule has 21 heavy (non-hydrogen) atoms. The van der Waals surface area contributed by atoms with Crippen LogP contribution in [0, 0.1) is 0 Å². The van der Waals surface area contributed by atoms with Gasteiger partial charge in [-0.25, -0.2) is 13.3 Å². The molecule has 1 fully saturated rings. The summed E-state index contributed by atoms with van der Waals surface area (Å²) >= 11 is 11.5. The van der Waals surface area contributed by atoms with Gasteiger partial charge in [0.15, 0.2) is 6.10 Å². The fourth-order valence-electron chi connectivity index (χ4n) is 1.76. The number of halogens is 2. The number of amides is 2. The molecule has 7 nitrogen and oxygen atoms in total. The summed E-state index contributed by atoms with van der Waals surface area (Å²) in [5, 5.41) is 0.378. The van der Waals surface area contributed by atoms with Gasteiger partial charge in [0.05, 0.1) is 12.1 Å². The Bertz CT molecular complexity index is 675. The van der Waals surface area contributed by atoms with E-state index >= 15 is 0 Å². The zero-order valence-electron chi connectivity index (χ0n) is 10.6. The quantitative estimate of drug-likeness (QED) is 0.270. The van der Waals surface area contributed by atoms with Gasteiger partial charge in [-0.15, -0.1) is 0 Å². The fourth-order valence-corrected chi connectivity index (χ4v) is 2.71. The number of hydrogen-bond donors (Lipinski definition) is 0. The topological polar surface area (TPSA) is 104 Å². The molecule has 1 aliphatic rings. The summed E-state index contributed by atoms with van der Waals surface area (Å²) in [4.78, 5) is 24.3. The van der Waals surface area contributed by atoms with Crippen LogP contribution in [0.4, 0.5) is 5.69 Å². The van der Waals surface area contributed by atoms with Crippen LogP contribution in [0.5, 0.6) is 0 Å². The van der Waals surface area contributed by atoms with Gasteiger partial charge >= 0.3 is 29.6 Å². The van der Waals surface area contributed by atoms with Crippen LogP contribution in [0.15, 0.2) is 18.2 Å². The van der Waals surface area contributed by atoms with Crippen molar-refractivity contribution in [1.29, 1.82) is 0 Å². The second-order valence-electron chi connectivity index (χ2n) is 3.89. The van der Waals surface area contributed by atoms with Gasteiger partial charge in [0.2, 0.25) is 16.3 Å². The molecule has 0 spiro atoms. The van der Waals surface area contributed by atoms with E-state index in [1.807, 2.05) is 0 Å². The summed E-state index contributed by atoms with van der Waals surface area (Å²) in [5.41, 5.74) is 0.0758. The summed E-state index contributed by atoms with van der Waals surface area (Å²) in [6, 6.07) is 4.00. The van der Waals surface area contributed by atoms with Gasteiger partial charge in [0.25, 0.3) is 5.91 Å². The summed E-state index contributed by atoms with van der Waals surface area (Å²) in [6.07, 6.45) is -2.22. The third-order valence-electron chi connectivity index (χ3n) is 2.44. The number of anilines is 1. The summed E-state index contributed by atoms with van der Waals surface area (Å²) in [7, 11) is -5.09. The normalized spacial score (nSPS) is 18.8. The molecule has 108 valence electrons. The molecule has 0 N–H and O–H groups in total. The molecule has 0 aromatic heterocycles. The van der Waals surface area contributed by atoms with Crippen molar-refractivity contribution in [2.45, 2.75) is 12.5 Å². The Morgan fingerprint density at radius 3 is 2.19 bits per heavy atom. The van der Waals surface area contributed by atoms with Crippen molar-refractivity contribution in [2.24, 2.45) is 0 Å². The van der Waals surface area contributed by atoms with E-state index < -0.39 is 34.7 Å². The first-order valence-corrected chi connectivity index (χ1v) is 7.23. The largest absolute Gasteiger partial charge is 1.00 e. The maximum absolute atomic E-state index is 11.9. The number of nitrogens with zero attached hydrogens (tertiary/aromatic N) is 1. The maximum Gasteiger partial charge on any atom is 1.00 e. The molecule has 0 aliphatic carbocycles. The monoisotopic (exact) mass is 361 g/mol. The van der Waals surface area contributed by atoms with Gasteiger partial charge in [0, 0.05) is 10.0 Å². The maximum atomic E-state index is 11.9. The van der Waals surface area contributed by atoms with Crippen LogP contribution in [-0.4, -0.2) is 30.9 Å². The Morgan fingerprint density at radius 1 is 1.19 bits per heavy atom. The van der Waals surface area contributed by atoms with Crippen molar-refractivity contribution in [1.82, 2.24) is 0 Å². The third-order valence-corrected chi connectivity index (χ3v) is 3.35. The van der Waals surface area contributed by atoms with Crippen LogP contribution in [-0.2, 0) is 24.2 Å². The van der Waals surface area contributed by atoms with E-state index in [-0.39, 0.29) is 45.3 Å². The van der Waals surface area contributed by atoms with Gasteiger partial charge in [-0.1, -0.05) is 23.2 Å². The first-order valence-electron chi connectivity index (χ1n) is 5.14.